The number of nitrogens with one attached hydrogen (secondary N) is 1. The minimum Gasteiger partial charge on any atom is -0.480 e. The first-order valence-corrected chi connectivity index (χ1v) is 6.10. The molecule has 0 aromatic rings. The Morgan fingerprint density at radius 1 is 1.39 bits per heavy atom. The second kappa shape index (κ2) is 7.00. The monoisotopic (exact) mass is 256 g/mol. The molecule has 0 saturated heterocycles. The van der Waals surface area contributed by atoms with Gasteiger partial charge in [-0.2, -0.15) is 0 Å². The lowest BCUT2D eigenvalue weighted by Crippen LogP contribution is -2.51. The minimum absolute atomic E-state index is 0.168. The van der Waals surface area contributed by atoms with Gasteiger partial charge in [0.2, 0.25) is 0 Å². The van der Waals surface area contributed by atoms with E-state index < -0.39 is 18.1 Å². The van der Waals surface area contributed by atoms with Crippen LogP contribution in [0.2, 0.25) is 0 Å². The number of carboxylic acids is 1. The lowest BCUT2D eigenvalue weighted by atomic mass is 9.93. The molecule has 1 fully saturated rings. The highest BCUT2D eigenvalue weighted by Crippen LogP contribution is 2.18. The zero-order chi connectivity index (χ0) is 13.5. The van der Waals surface area contributed by atoms with Crippen molar-refractivity contribution in [3.8, 4) is 0 Å². The number of rotatable bonds is 5. The SMILES string of the molecule is C=CCN(CC(=O)O)C(=O)NC1CCCCC1O. The van der Waals surface area contributed by atoms with Crippen molar-refractivity contribution in [3.05, 3.63) is 12.7 Å². The Labute approximate surface area is 106 Å². The Balaban J connectivity index is 2.53. The van der Waals surface area contributed by atoms with Crippen LogP contribution in [0.3, 0.4) is 0 Å². The van der Waals surface area contributed by atoms with Crippen LogP contribution in [0.15, 0.2) is 12.7 Å². The van der Waals surface area contributed by atoms with Crippen LogP contribution in [0.25, 0.3) is 0 Å². The number of aliphatic hydroxyl groups excluding tert-OH is 1. The van der Waals surface area contributed by atoms with Gasteiger partial charge in [-0.25, -0.2) is 4.79 Å². The number of carbonyl (C=O) groups is 2. The van der Waals surface area contributed by atoms with E-state index in [-0.39, 0.29) is 19.1 Å². The van der Waals surface area contributed by atoms with Gasteiger partial charge in [-0.15, -0.1) is 6.58 Å². The Morgan fingerprint density at radius 2 is 2.06 bits per heavy atom. The number of aliphatic hydroxyl groups is 1. The summed E-state index contributed by atoms with van der Waals surface area (Å²) in [5, 5.41) is 21.1. The predicted octanol–water partition coefficient (Wildman–Crippen LogP) is 0.572. The van der Waals surface area contributed by atoms with Crippen LogP contribution in [-0.2, 0) is 4.79 Å². The minimum atomic E-state index is -1.07. The van der Waals surface area contributed by atoms with E-state index in [0.717, 1.165) is 24.2 Å². The fourth-order valence-corrected chi connectivity index (χ4v) is 2.07. The largest absolute Gasteiger partial charge is 0.480 e. The third-order valence-corrected chi connectivity index (χ3v) is 3.00. The predicted molar refractivity (Wildman–Crippen MR) is 66.2 cm³/mol. The molecule has 0 aliphatic heterocycles. The molecule has 0 aromatic carbocycles. The molecule has 0 radical (unpaired) electrons. The number of nitrogens with zero attached hydrogens (tertiary/aromatic N) is 1. The Morgan fingerprint density at radius 3 is 2.61 bits per heavy atom. The third-order valence-electron chi connectivity index (χ3n) is 3.00. The summed E-state index contributed by atoms with van der Waals surface area (Å²) in [6.07, 6.45) is 4.24. The summed E-state index contributed by atoms with van der Waals surface area (Å²) in [6.45, 7) is 3.28. The summed E-state index contributed by atoms with van der Waals surface area (Å²) >= 11 is 0. The van der Waals surface area contributed by atoms with E-state index in [0.29, 0.717) is 6.42 Å². The van der Waals surface area contributed by atoms with Gasteiger partial charge < -0.3 is 20.4 Å². The number of amides is 2. The number of carboxylic acid groups (broad SMARTS) is 1. The first kappa shape index (κ1) is 14.5. The maximum absolute atomic E-state index is 11.9. The molecule has 2 amide bonds. The average Bonchev–Trinajstić information content (AvgIpc) is 2.31. The lowest BCUT2D eigenvalue weighted by molar-refractivity contribution is -0.137. The quantitative estimate of drug-likeness (QED) is 0.627. The highest BCUT2D eigenvalue weighted by molar-refractivity contribution is 5.80. The maximum atomic E-state index is 11.9. The van der Waals surface area contributed by atoms with Gasteiger partial charge >= 0.3 is 12.0 Å². The standard InChI is InChI=1S/C12H20N2O4/c1-2-7-14(8-11(16)17)12(18)13-9-5-3-4-6-10(9)15/h2,9-10,15H,1,3-8H2,(H,13,18)(H,16,17). The van der Waals surface area contributed by atoms with Crippen LogP contribution in [0.4, 0.5) is 4.79 Å². The molecule has 0 spiro atoms. The van der Waals surface area contributed by atoms with Crippen molar-refractivity contribution in [1.29, 1.82) is 0 Å². The van der Waals surface area contributed by atoms with Gasteiger partial charge in [-0.1, -0.05) is 18.9 Å². The van der Waals surface area contributed by atoms with E-state index in [4.69, 9.17) is 5.11 Å². The van der Waals surface area contributed by atoms with E-state index in [9.17, 15) is 14.7 Å². The molecule has 1 saturated carbocycles. The second-order valence-electron chi connectivity index (χ2n) is 4.47. The van der Waals surface area contributed by atoms with E-state index >= 15 is 0 Å². The van der Waals surface area contributed by atoms with Crippen molar-refractivity contribution < 1.29 is 19.8 Å². The van der Waals surface area contributed by atoms with Crippen molar-refractivity contribution in [3.63, 3.8) is 0 Å². The molecular weight excluding hydrogens is 236 g/mol. The van der Waals surface area contributed by atoms with E-state index in [1.165, 1.54) is 6.08 Å². The number of carbonyl (C=O) groups excluding carboxylic acids is 1. The molecule has 1 rings (SSSR count). The van der Waals surface area contributed by atoms with Gasteiger partial charge in [-0.05, 0) is 12.8 Å². The van der Waals surface area contributed by atoms with Gasteiger partial charge in [0.1, 0.15) is 6.54 Å². The molecule has 6 heteroatoms. The van der Waals surface area contributed by atoms with E-state index in [2.05, 4.69) is 11.9 Å². The summed E-state index contributed by atoms with van der Waals surface area (Å²) in [4.78, 5) is 23.7. The van der Waals surface area contributed by atoms with Crippen molar-refractivity contribution in [2.45, 2.75) is 37.8 Å². The maximum Gasteiger partial charge on any atom is 0.323 e. The first-order chi connectivity index (χ1) is 8.54. The van der Waals surface area contributed by atoms with Crippen molar-refractivity contribution in [2.24, 2.45) is 0 Å². The summed E-state index contributed by atoms with van der Waals surface area (Å²) in [6, 6.07) is -0.754. The summed E-state index contributed by atoms with van der Waals surface area (Å²) in [5.41, 5.74) is 0. The molecule has 18 heavy (non-hydrogen) atoms. The van der Waals surface area contributed by atoms with Crippen LogP contribution in [-0.4, -0.2) is 52.3 Å². The fourth-order valence-electron chi connectivity index (χ4n) is 2.07. The summed E-state index contributed by atoms with van der Waals surface area (Å²) in [5.74, 6) is -1.07. The number of urea groups is 1. The van der Waals surface area contributed by atoms with Gasteiger partial charge in [0.05, 0.1) is 12.1 Å². The summed E-state index contributed by atoms with van der Waals surface area (Å²) in [7, 11) is 0. The van der Waals surface area contributed by atoms with Crippen LogP contribution in [0.5, 0.6) is 0 Å². The van der Waals surface area contributed by atoms with Gasteiger partial charge in [0.15, 0.2) is 0 Å². The first-order valence-electron chi connectivity index (χ1n) is 6.10. The number of hydrogen-bond acceptors (Lipinski definition) is 3. The van der Waals surface area contributed by atoms with Crippen LogP contribution >= 0.6 is 0 Å². The normalized spacial score (nSPS) is 23.2. The molecule has 1 aliphatic rings. The highest BCUT2D eigenvalue weighted by Gasteiger charge is 2.26. The Hall–Kier alpha value is -1.56. The van der Waals surface area contributed by atoms with Gasteiger partial charge in [0, 0.05) is 6.54 Å². The van der Waals surface area contributed by atoms with Crippen LogP contribution in [0, 0.1) is 0 Å². The highest BCUT2D eigenvalue weighted by atomic mass is 16.4. The van der Waals surface area contributed by atoms with Crippen LogP contribution in [0.1, 0.15) is 25.7 Å². The molecule has 0 bridgehead atoms. The molecule has 2 atom stereocenters. The van der Waals surface area contributed by atoms with Crippen LogP contribution < -0.4 is 5.32 Å². The Kier molecular flexibility index (Phi) is 5.64. The van der Waals surface area contributed by atoms with Gasteiger partial charge in [0.25, 0.3) is 0 Å². The third kappa shape index (κ3) is 4.37. The molecule has 3 N–H and O–H groups in total. The fraction of sp³-hybridized carbons (Fsp3) is 0.667. The topological polar surface area (TPSA) is 89.9 Å². The number of hydrogen-bond donors (Lipinski definition) is 3. The van der Waals surface area contributed by atoms with Crippen molar-refractivity contribution >= 4 is 12.0 Å². The summed E-state index contributed by atoms with van der Waals surface area (Å²) < 4.78 is 0. The molecule has 2 unspecified atom stereocenters. The smallest absolute Gasteiger partial charge is 0.323 e. The van der Waals surface area contributed by atoms with Crippen molar-refractivity contribution in [2.75, 3.05) is 13.1 Å². The molecule has 1 aliphatic carbocycles. The second-order valence-corrected chi connectivity index (χ2v) is 4.47. The average molecular weight is 256 g/mol. The molecular formula is C12H20N2O4. The molecule has 6 nitrogen and oxygen atoms in total. The molecule has 0 aromatic heterocycles. The zero-order valence-electron chi connectivity index (χ0n) is 10.3. The van der Waals surface area contributed by atoms with E-state index in [1.54, 1.807) is 0 Å². The van der Waals surface area contributed by atoms with Gasteiger partial charge in [-0.3, -0.25) is 4.79 Å². The number of aliphatic carboxylic acids is 1. The Bertz CT molecular complexity index is 319. The van der Waals surface area contributed by atoms with E-state index in [1.807, 2.05) is 0 Å². The molecule has 0 heterocycles. The lowest BCUT2D eigenvalue weighted by Gasteiger charge is -2.30. The zero-order valence-corrected chi connectivity index (χ0v) is 10.3. The molecule has 102 valence electrons. The van der Waals surface area contributed by atoms with Crippen molar-refractivity contribution in [1.82, 2.24) is 10.2 Å².